The third-order valence-corrected chi connectivity index (χ3v) is 13.3. The van der Waals surface area contributed by atoms with E-state index in [1.54, 1.807) is 0 Å². The molecule has 0 spiro atoms. The van der Waals surface area contributed by atoms with Gasteiger partial charge in [-0.3, -0.25) is 0 Å². The van der Waals surface area contributed by atoms with Crippen molar-refractivity contribution in [3.63, 3.8) is 0 Å². The molecule has 6 aromatic rings. The van der Waals surface area contributed by atoms with Crippen LogP contribution in [0.15, 0.2) is 158 Å². The van der Waals surface area contributed by atoms with Crippen LogP contribution in [0.3, 0.4) is 0 Å². The summed E-state index contributed by atoms with van der Waals surface area (Å²) in [7, 11) is 0. The van der Waals surface area contributed by atoms with E-state index in [0.29, 0.717) is 12.1 Å². The van der Waals surface area contributed by atoms with Crippen molar-refractivity contribution in [3.8, 4) is 0 Å². The second kappa shape index (κ2) is 20.7. The Hall–Kier alpha value is -6.54. The van der Waals surface area contributed by atoms with E-state index in [0.717, 1.165) is 135 Å². The van der Waals surface area contributed by atoms with Gasteiger partial charge in [0.1, 0.15) is 11.2 Å². The molecule has 0 atom stereocenters. The third kappa shape index (κ3) is 9.43. The fraction of sp³-hybridized carbons (Fsp3) is 0.333. The first kappa shape index (κ1) is 63.6. The number of alkyl halides is 26. The highest BCUT2D eigenvalue weighted by molar-refractivity contribution is 5.58. The fourth-order valence-electron chi connectivity index (χ4n) is 8.86. The van der Waals surface area contributed by atoms with Crippen LogP contribution in [0.4, 0.5) is 114 Å². The van der Waals surface area contributed by atoms with Crippen molar-refractivity contribution in [1.82, 2.24) is 0 Å². The molecule has 0 aliphatic rings. The summed E-state index contributed by atoms with van der Waals surface area (Å²) in [6.07, 6.45) is -17.0. The van der Waals surface area contributed by atoms with Crippen LogP contribution in [-0.4, -0.2) is 59.7 Å². The van der Waals surface area contributed by atoms with Crippen LogP contribution in [0.25, 0.3) is 0 Å². The monoisotopic (exact) mass is 1190 g/mol. The Morgan fingerprint density at radius 1 is 0.259 bits per heavy atom. The molecule has 0 amide bonds. The molecular formula is C54H36F26O. The van der Waals surface area contributed by atoms with Gasteiger partial charge >= 0.3 is 71.6 Å². The maximum Gasteiger partial charge on any atom is 0.460 e. The van der Waals surface area contributed by atoms with Crippen LogP contribution in [0.1, 0.15) is 69.5 Å². The van der Waals surface area contributed by atoms with Crippen molar-refractivity contribution < 1.29 is 119 Å². The van der Waals surface area contributed by atoms with Crippen molar-refractivity contribution in [2.45, 2.75) is 109 Å². The molecule has 27 heteroatoms. The minimum atomic E-state index is -8.46. The predicted molar refractivity (Wildman–Crippen MR) is 238 cm³/mol. The molecule has 0 aliphatic heterocycles. The second-order valence-electron chi connectivity index (χ2n) is 18.1. The number of benzene rings is 6. The molecule has 0 aliphatic carbocycles. The number of ether oxygens (including phenoxy) is 1. The number of hydrogen-bond acceptors (Lipinski definition) is 1. The summed E-state index contributed by atoms with van der Waals surface area (Å²) < 4.78 is 402. The van der Waals surface area contributed by atoms with Crippen LogP contribution >= 0.6 is 0 Å². The van der Waals surface area contributed by atoms with E-state index in [2.05, 4.69) is 0 Å². The molecule has 0 saturated heterocycles. The van der Waals surface area contributed by atoms with Gasteiger partial charge in [0.15, 0.2) is 0 Å². The topological polar surface area (TPSA) is 9.23 Å². The summed E-state index contributed by atoms with van der Waals surface area (Å²) >= 11 is 0. The highest BCUT2D eigenvalue weighted by Crippen LogP contribution is 2.66. The van der Waals surface area contributed by atoms with Gasteiger partial charge < -0.3 is 4.74 Å². The minimum Gasteiger partial charge on any atom is -0.340 e. The molecule has 0 fully saturated rings. The summed E-state index contributed by atoms with van der Waals surface area (Å²) in [4.78, 5) is 0. The average Bonchev–Trinajstić information content (AvgIpc) is 3.43. The Balaban J connectivity index is 1.90. The molecule has 440 valence electrons. The predicted octanol–water partition coefficient (Wildman–Crippen LogP) is 18.5. The van der Waals surface area contributed by atoms with Crippen molar-refractivity contribution in [3.05, 3.63) is 213 Å². The van der Waals surface area contributed by atoms with Gasteiger partial charge in [-0.25, -0.2) is 0 Å². The Labute approximate surface area is 441 Å². The van der Waals surface area contributed by atoms with Gasteiger partial charge in [-0.2, -0.15) is 114 Å². The van der Waals surface area contributed by atoms with Crippen LogP contribution < -0.4 is 0 Å². The number of aryl methyl sites for hydroxylation is 2. The smallest absolute Gasteiger partial charge is 0.340 e. The molecule has 1 nitrogen and oxygen atoms in total. The second-order valence-corrected chi connectivity index (χ2v) is 18.1. The maximum absolute atomic E-state index is 17.4. The van der Waals surface area contributed by atoms with E-state index in [-0.39, 0.29) is 24.3 Å². The molecule has 6 rings (SSSR count). The summed E-state index contributed by atoms with van der Waals surface area (Å²) in [5.74, 6) is -80.9. The Morgan fingerprint density at radius 2 is 0.481 bits per heavy atom. The molecule has 0 unspecified atom stereocenters. The van der Waals surface area contributed by atoms with Crippen molar-refractivity contribution in [2.75, 3.05) is 0 Å². The average molecular weight is 1190 g/mol. The first-order valence-corrected chi connectivity index (χ1v) is 23.1. The van der Waals surface area contributed by atoms with Crippen LogP contribution in [-0.2, 0) is 40.6 Å². The Bertz CT molecular complexity index is 2850. The highest BCUT2D eigenvalue weighted by Gasteiger charge is 2.92. The Morgan fingerprint density at radius 3 is 0.691 bits per heavy atom. The van der Waals surface area contributed by atoms with Gasteiger partial charge in [0.2, 0.25) is 0 Å². The van der Waals surface area contributed by atoms with E-state index in [1.165, 1.54) is 0 Å². The molecular weight excluding hydrogens is 1160 g/mol. The minimum absolute atomic E-state index is 0.161. The normalized spacial score (nSPS) is 14.6. The quantitative estimate of drug-likeness (QED) is 0.0547. The lowest BCUT2D eigenvalue weighted by atomic mass is 9.71. The highest BCUT2D eigenvalue weighted by atomic mass is 19.4. The lowest BCUT2D eigenvalue weighted by molar-refractivity contribution is -0.441. The van der Waals surface area contributed by atoms with E-state index in [9.17, 15) is 61.5 Å². The van der Waals surface area contributed by atoms with E-state index >= 15 is 52.7 Å². The molecule has 0 bridgehead atoms. The Kier molecular flexibility index (Phi) is 16.3. The SMILES string of the molecule is CCc1ccc(C(OC(c2ccccc2)(c2ccccc2)c2ccc(CC)cc2C(F)(F)C(F)(F)C(F)(F)C(F)(F)C(F)(F)C(F)(F)F)(c2ccccc2)c2ccccc2)c(C(F)(F)C(F)(F)C(F)(F)C(F)(F)C(F)(F)C(F)(F)F)c1. The van der Waals surface area contributed by atoms with Gasteiger partial charge in [-0.15, -0.1) is 0 Å². The standard InChI is InChI=1S/C54H36F26O/c1-3-31-25-27-37(39(29-31)43(55,56)45(59,60)47(63,64)49(67,68)51(71,72)53(75,76)77)41(33-17-9-5-10-18-33,34-19-11-6-12-20-34)81-42(35-21-13-7-14-22-35,36-23-15-8-16-24-36)38-28-26-32(4-2)30-40(38)44(57,58)46(61,62)48(65,66)50(69,70)52(73,74)54(78,79)80/h5-30H,3-4H2,1-2H3. The number of rotatable bonds is 20. The van der Waals surface area contributed by atoms with Crippen LogP contribution in [0.5, 0.6) is 0 Å². The van der Waals surface area contributed by atoms with Gasteiger partial charge in [0.05, 0.1) is 0 Å². The third-order valence-electron chi connectivity index (χ3n) is 13.3. The summed E-state index contributed by atoms with van der Waals surface area (Å²) in [5.41, 5.74) is -21.2. The molecule has 0 radical (unpaired) electrons. The van der Waals surface area contributed by atoms with Crippen molar-refractivity contribution in [2.24, 2.45) is 0 Å². The zero-order valence-corrected chi connectivity index (χ0v) is 40.7. The summed E-state index contributed by atoms with van der Waals surface area (Å²) in [5, 5.41) is 0. The van der Waals surface area contributed by atoms with Crippen molar-refractivity contribution in [1.29, 1.82) is 0 Å². The zero-order chi connectivity index (χ0) is 61.3. The lowest BCUT2D eigenvalue weighted by Gasteiger charge is -2.49. The molecule has 6 aromatic carbocycles. The van der Waals surface area contributed by atoms with E-state index in [4.69, 9.17) is 4.74 Å². The van der Waals surface area contributed by atoms with Gasteiger partial charge in [0, 0.05) is 22.3 Å². The number of hydrogen-bond donors (Lipinski definition) is 0. The van der Waals surface area contributed by atoms with Crippen molar-refractivity contribution >= 4 is 0 Å². The van der Waals surface area contributed by atoms with E-state index < -0.39 is 151 Å². The lowest BCUT2D eigenvalue weighted by Crippen LogP contribution is -2.69. The van der Waals surface area contributed by atoms with Gasteiger partial charge in [-0.05, 0) is 58.4 Å². The molecule has 0 N–H and O–H groups in total. The first-order chi connectivity index (χ1) is 36.9. The molecule has 0 aromatic heterocycles. The van der Waals surface area contributed by atoms with Gasteiger partial charge in [-0.1, -0.05) is 159 Å². The van der Waals surface area contributed by atoms with Crippen LogP contribution in [0.2, 0.25) is 0 Å². The summed E-state index contributed by atoms with van der Waals surface area (Å²) in [6.45, 7) is 2.10. The summed E-state index contributed by atoms with van der Waals surface area (Å²) in [6, 6.07) is 20.1. The first-order valence-electron chi connectivity index (χ1n) is 23.1. The molecule has 0 heterocycles. The zero-order valence-electron chi connectivity index (χ0n) is 40.7. The fourth-order valence-corrected chi connectivity index (χ4v) is 8.86. The maximum atomic E-state index is 17.4. The van der Waals surface area contributed by atoms with Crippen LogP contribution in [0, 0.1) is 0 Å². The molecule has 81 heavy (non-hydrogen) atoms. The van der Waals surface area contributed by atoms with E-state index in [1.807, 2.05) is 0 Å². The van der Waals surface area contributed by atoms with Gasteiger partial charge in [0.25, 0.3) is 0 Å². The molecule has 0 saturated carbocycles. The largest absolute Gasteiger partial charge is 0.460 e. The number of halogens is 26.